The van der Waals surface area contributed by atoms with Crippen LogP contribution >= 0.6 is 22.7 Å². The van der Waals surface area contributed by atoms with Crippen molar-refractivity contribution in [2.24, 2.45) is 0 Å². The van der Waals surface area contributed by atoms with Crippen molar-refractivity contribution in [2.75, 3.05) is 4.90 Å². The molecule has 244 valence electrons. The molecule has 0 fully saturated rings. The Balaban J connectivity index is 1.15. The van der Waals surface area contributed by atoms with Gasteiger partial charge >= 0.3 is 0 Å². The van der Waals surface area contributed by atoms with Crippen LogP contribution in [0.25, 0.3) is 79.0 Å². The van der Waals surface area contributed by atoms with Crippen molar-refractivity contribution in [1.29, 1.82) is 0 Å². The Morgan fingerprint density at radius 3 is 1.71 bits per heavy atom. The number of anilines is 3. The van der Waals surface area contributed by atoms with Crippen LogP contribution in [0.3, 0.4) is 0 Å². The Labute approximate surface area is 308 Å². The molecule has 0 atom stereocenters. The largest absolute Gasteiger partial charge is 0.310 e. The summed E-state index contributed by atoms with van der Waals surface area (Å²) in [6.45, 7) is 0. The maximum Gasteiger partial charge on any atom is 0.0561 e. The van der Waals surface area contributed by atoms with Gasteiger partial charge in [-0.2, -0.15) is 0 Å². The lowest BCUT2D eigenvalue weighted by atomic mass is 10.0. The van der Waals surface area contributed by atoms with Crippen LogP contribution in [0, 0.1) is 0 Å². The molecular formula is C48H30N2S2. The first-order chi connectivity index (χ1) is 25.8. The molecule has 0 spiro atoms. The third-order valence-corrected chi connectivity index (χ3v) is 12.7. The molecule has 0 aliphatic heterocycles. The molecule has 0 unspecified atom stereocenters. The molecule has 11 rings (SSSR count). The Morgan fingerprint density at radius 2 is 0.981 bits per heavy atom. The van der Waals surface area contributed by atoms with E-state index in [-0.39, 0.29) is 0 Å². The quantitative estimate of drug-likeness (QED) is 0.174. The van der Waals surface area contributed by atoms with E-state index in [1.54, 1.807) is 0 Å². The van der Waals surface area contributed by atoms with E-state index in [1.165, 1.54) is 73.3 Å². The Kier molecular flexibility index (Phi) is 6.63. The first kappa shape index (κ1) is 29.5. The fourth-order valence-electron chi connectivity index (χ4n) is 8.01. The van der Waals surface area contributed by atoms with Crippen molar-refractivity contribution in [3.63, 3.8) is 0 Å². The topological polar surface area (TPSA) is 8.17 Å². The van der Waals surface area contributed by atoms with Gasteiger partial charge in [0.2, 0.25) is 0 Å². The van der Waals surface area contributed by atoms with Gasteiger partial charge in [-0.25, -0.2) is 0 Å². The van der Waals surface area contributed by atoms with Crippen molar-refractivity contribution in [2.45, 2.75) is 0 Å². The predicted molar refractivity (Wildman–Crippen MR) is 227 cm³/mol. The van der Waals surface area contributed by atoms with E-state index in [1.807, 2.05) is 22.7 Å². The van der Waals surface area contributed by atoms with Crippen molar-refractivity contribution < 1.29 is 0 Å². The van der Waals surface area contributed by atoms with Gasteiger partial charge in [-0.15, -0.1) is 22.7 Å². The first-order valence-corrected chi connectivity index (χ1v) is 19.2. The Bertz CT molecular complexity index is 3080. The van der Waals surface area contributed by atoms with Crippen LogP contribution in [0.15, 0.2) is 182 Å². The third kappa shape index (κ3) is 4.55. The predicted octanol–water partition coefficient (Wildman–Crippen LogP) is 14.7. The van der Waals surface area contributed by atoms with E-state index in [2.05, 4.69) is 191 Å². The molecule has 0 amide bonds. The molecule has 3 aromatic heterocycles. The summed E-state index contributed by atoms with van der Waals surface area (Å²) in [7, 11) is 0. The number of hydrogen-bond donors (Lipinski definition) is 0. The van der Waals surface area contributed by atoms with E-state index < -0.39 is 0 Å². The normalized spacial score (nSPS) is 11.8. The fourth-order valence-corrected chi connectivity index (χ4v) is 10.4. The van der Waals surface area contributed by atoms with Crippen LogP contribution in [0.2, 0.25) is 0 Å². The summed E-state index contributed by atoms with van der Waals surface area (Å²) in [4.78, 5) is 2.35. The molecule has 3 heterocycles. The van der Waals surface area contributed by atoms with Crippen molar-refractivity contribution in [3.8, 4) is 16.8 Å². The van der Waals surface area contributed by atoms with Gasteiger partial charge in [0.25, 0.3) is 0 Å². The molecular weight excluding hydrogens is 669 g/mol. The third-order valence-electron chi connectivity index (χ3n) is 10.4. The lowest BCUT2D eigenvalue weighted by Crippen LogP contribution is -2.09. The van der Waals surface area contributed by atoms with Gasteiger partial charge in [-0.3, -0.25) is 0 Å². The van der Waals surface area contributed by atoms with Crippen LogP contribution in [0.4, 0.5) is 17.1 Å². The maximum absolute atomic E-state index is 2.47. The van der Waals surface area contributed by atoms with Gasteiger partial charge in [0.05, 0.1) is 11.0 Å². The number of benzene rings is 8. The number of rotatable bonds is 5. The summed E-state index contributed by atoms with van der Waals surface area (Å²) >= 11 is 3.76. The SMILES string of the molecule is c1ccc(N(c2ccccc2)c2ccc3c4cc5sc6ccccc6c5cc4n(-c4ccc(-c5cccc6c5sc5ccccc56)cc4)c3c2)cc1. The monoisotopic (exact) mass is 698 g/mol. The Morgan fingerprint density at radius 1 is 0.365 bits per heavy atom. The Hall–Kier alpha value is -6.20. The standard InChI is InChI=1S/C48H30N2S2/c1-3-12-32(13-4-1)49(33-14-5-2-6-15-33)35-26-27-37-41-30-47-42(39-17-8-9-20-45(39)51-47)29-44(41)50(43(37)28-35)34-24-22-31(23-25-34)36-18-11-19-40-38-16-7-10-21-46(38)52-48(36)40/h1-30H. The number of thiophene rings is 2. The molecule has 0 radical (unpaired) electrons. The van der Waals surface area contributed by atoms with E-state index >= 15 is 0 Å². The fraction of sp³-hybridized carbons (Fsp3) is 0. The summed E-state index contributed by atoms with van der Waals surface area (Å²) in [6.07, 6.45) is 0. The lowest BCUT2D eigenvalue weighted by Gasteiger charge is -2.25. The zero-order chi connectivity index (χ0) is 34.2. The second kappa shape index (κ2) is 11.7. The van der Waals surface area contributed by atoms with Gasteiger partial charge in [0, 0.05) is 73.9 Å². The molecule has 0 aliphatic rings. The summed E-state index contributed by atoms with van der Waals surface area (Å²) in [5.41, 5.74) is 9.43. The molecule has 4 heteroatoms. The summed E-state index contributed by atoms with van der Waals surface area (Å²) in [5, 5.41) is 7.79. The van der Waals surface area contributed by atoms with Gasteiger partial charge in [-0.1, -0.05) is 109 Å². The average molecular weight is 699 g/mol. The van der Waals surface area contributed by atoms with Crippen molar-refractivity contribution >= 4 is 102 Å². The first-order valence-electron chi connectivity index (χ1n) is 17.6. The van der Waals surface area contributed by atoms with Crippen LogP contribution in [0.5, 0.6) is 0 Å². The number of hydrogen-bond acceptors (Lipinski definition) is 3. The molecule has 0 saturated carbocycles. The zero-order valence-electron chi connectivity index (χ0n) is 28.0. The summed E-state index contributed by atoms with van der Waals surface area (Å²) in [6, 6.07) is 66.6. The van der Waals surface area contributed by atoms with E-state index in [4.69, 9.17) is 0 Å². The van der Waals surface area contributed by atoms with Crippen LogP contribution in [-0.2, 0) is 0 Å². The number of aromatic nitrogens is 1. The van der Waals surface area contributed by atoms with Crippen LogP contribution in [0.1, 0.15) is 0 Å². The van der Waals surface area contributed by atoms with E-state index in [0.717, 1.165) is 22.7 Å². The van der Waals surface area contributed by atoms with Crippen LogP contribution in [-0.4, -0.2) is 4.57 Å². The summed E-state index contributed by atoms with van der Waals surface area (Å²) in [5.74, 6) is 0. The number of para-hydroxylation sites is 2. The van der Waals surface area contributed by atoms with Gasteiger partial charge in [0.15, 0.2) is 0 Å². The van der Waals surface area contributed by atoms with E-state index in [0.29, 0.717) is 0 Å². The highest BCUT2D eigenvalue weighted by Gasteiger charge is 2.19. The smallest absolute Gasteiger partial charge is 0.0561 e. The van der Waals surface area contributed by atoms with Gasteiger partial charge < -0.3 is 9.47 Å². The highest BCUT2D eigenvalue weighted by molar-refractivity contribution is 7.26. The van der Waals surface area contributed by atoms with E-state index in [9.17, 15) is 0 Å². The molecule has 52 heavy (non-hydrogen) atoms. The molecule has 8 aromatic carbocycles. The molecule has 2 nitrogen and oxygen atoms in total. The second-order valence-electron chi connectivity index (χ2n) is 13.3. The number of nitrogens with zero attached hydrogens (tertiary/aromatic N) is 2. The van der Waals surface area contributed by atoms with Gasteiger partial charge in [-0.05, 0) is 83.9 Å². The zero-order valence-corrected chi connectivity index (χ0v) is 29.7. The highest BCUT2D eigenvalue weighted by Crippen LogP contribution is 2.44. The van der Waals surface area contributed by atoms with Crippen molar-refractivity contribution in [1.82, 2.24) is 4.57 Å². The second-order valence-corrected chi connectivity index (χ2v) is 15.5. The number of fused-ring (bicyclic) bond motifs is 9. The highest BCUT2D eigenvalue weighted by atomic mass is 32.1. The molecule has 0 aliphatic carbocycles. The van der Waals surface area contributed by atoms with Crippen LogP contribution < -0.4 is 4.90 Å². The minimum atomic E-state index is 1.12. The molecule has 11 aromatic rings. The van der Waals surface area contributed by atoms with Gasteiger partial charge in [0.1, 0.15) is 0 Å². The minimum absolute atomic E-state index is 1.12. The lowest BCUT2D eigenvalue weighted by molar-refractivity contribution is 1.18. The van der Waals surface area contributed by atoms with Crippen molar-refractivity contribution in [3.05, 3.63) is 182 Å². The molecule has 0 bridgehead atoms. The average Bonchev–Trinajstić information content (AvgIpc) is 3.87. The maximum atomic E-state index is 2.47. The minimum Gasteiger partial charge on any atom is -0.310 e. The summed E-state index contributed by atoms with van der Waals surface area (Å²) < 4.78 is 7.78. The molecule has 0 saturated heterocycles. The molecule has 0 N–H and O–H groups in total.